The average Bonchev–Trinajstić information content (AvgIpc) is 1.73. The van der Waals surface area contributed by atoms with Gasteiger partial charge in [0, 0.05) is 226 Å². The number of ketones is 3. The van der Waals surface area contributed by atoms with Gasteiger partial charge in [0.05, 0.1) is 13.2 Å². The number of ether oxygens (including phenoxy) is 2. The molecule has 0 spiro atoms. The summed E-state index contributed by atoms with van der Waals surface area (Å²) < 4.78 is 61.8. The first-order valence-electron chi connectivity index (χ1n) is 36.6. The number of nitrogens with one attached hydrogen (secondary N) is 4. The van der Waals surface area contributed by atoms with Crippen molar-refractivity contribution in [2.45, 2.75) is 34.6 Å². The first-order valence-corrected chi connectivity index (χ1v) is 37.4. The highest BCUT2D eigenvalue weighted by Crippen LogP contribution is 2.30. The lowest BCUT2D eigenvalue weighted by molar-refractivity contribution is 0.0482. The van der Waals surface area contributed by atoms with Gasteiger partial charge in [-0.05, 0) is 90.4 Å². The van der Waals surface area contributed by atoms with Crippen molar-refractivity contribution in [1.82, 2.24) is 21.3 Å². The van der Waals surface area contributed by atoms with Crippen LogP contribution in [-0.2, 0) is 9.47 Å². The molecule has 3 aliphatic rings. The number of carbonyl (C=O) groups excluding carboxylic acids is 5. The smallest absolute Gasteiger partial charge is 0.374 e. The normalized spacial score (nSPS) is 15.5. The van der Waals surface area contributed by atoms with Crippen LogP contribution in [0, 0.1) is 0 Å². The largest absolute Gasteiger partial charge is 0.475 e. The summed E-state index contributed by atoms with van der Waals surface area (Å²) in [4.78, 5) is 121. The molecule has 0 aliphatic carbocycles. The lowest BCUT2D eigenvalue weighted by Gasteiger charge is -2.34. The second-order valence-corrected chi connectivity index (χ2v) is 26.2. The van der Waals surface area contributed by atoms with Crippen molar-refractivity contribution < 1.29 is 113 Å². The maximum absolute atomic E-state index is 12.4. The fourth-order valence-electron chi connectivity index (χ4n) is 11.7. The molecule has 0 radical (unpaired) electrons. The van der Waals surface area contributed by atoms with E-state index in [1.54, 1.807) is 94.1 Å². The number of rotatable bonds is 19. The topological polar surface area (TPSA) is 445 Å². The summed E-state index contributed by atoms with van der Waals surface area (Å²) in [5.41, 5.74) is 0. The van der Waals surface area contributed by atoms with Gasteiger partial charge in [0.1, 0.15) is 0 Å². The third kappa shape index (κ3) is 25.3. The highest BCUT2D eigenvalue weighted by Gasteiger charge is 2.29. The van der Waals surface area contributed by atoms with E-state index in [1.807, 2.05) is 19.6 Å². The lowest BCUT2D eigenvalue weighted by atomic mass is 10.3. The molecule has 9 aromatic heterocycles. The Hall–Kier alpha value is -11.9. The number of aromatic carboxylic acids is 4. The SMILES string of the molecule is C1CNCCNCCNCCN1.CC(=O)c1ccc(Br)o1.CCOC(=O)c1ccc(N2CCN(c3ccc(C(C)=O)o3)CCN(c3ccc(C(C)=O)o3)CCN(c3ccc(C(=O)OCC)o3)CC2)o1.O=C(O)c1ccc(N2CCN(c3ccc(C(=O)O)o3)CCN(c3ccc(C(=O)O)o3)CCN(c3ccc(C(=O)O)o3)CC2)o1. The number of carbonyl (C=O) groups is 9. The molecule has 608 valence electrons. The van der Waals surface area contributed by atoms with Crippen molar-refractivity contribution in [2.75, 3.05) is 209 Å². The number of hydrogen-bond acceptors (Lipinski definition) is 32. The van der Waals surface area contributed by atoms with Crippen LogP contribution in [0.25, 0.3) is 0 Å². The summed E-state index contributed by atoms with van der Waals surface area (Å²) in [7, 11) is 0. The number of nitrogens with zero attached hydrogens (tertiary/aromatic N) is 8. The van der Waals surface area contributed by atoms with E-state index in [2.05, 4.69) is 37.2 Å². The molecule has 0 unspecified atom stereocenters. The standard InChI is InChI=1S/C34H40N4O10.C28H28N4O12.C8H20N4.C6H5BrO2/c1-5-43-33(41)27-9-13-31(47-27)37-19-17-35(29-11-7-25(45-29)23(3)39)15-16-36(30-12-8-26(46-30)24(4)40)18-20-38(22-21-37)32-14-10-28(48-32)34(42)44-6-2;33-25(34)17-1-5-21(41-17)29-9-11-30(22-6-2-18(42-22)26(35)36)13-15-32(24-8-4-20(44-24)28(39)40)16-14-31(12-10-29)23-7-3-19(43-23)27(37)38;1-2-10-5-6-12-8-7-11-4-3-9-1;1-4(8)5-2-3-6(7)9-5/h7-14H,5-6,15-22H2,1-4H3;1-8H,9-16H2,(H,33,34)(H,35,36)(H,37,38)(H,39,40);9-12H,1-8H2;2-3H,1H3. The van der Waals surface area contributed by atoms with Crippen LogP contribution in [0.5, 0.6) is 0 Å². The predicted octanol–water partition coefficient (Wildman–Crippen LogP) is 8.95. The van der Waals surface area contributed by atoms with Crippen molar-refractivity contribution in [3.63, 3.8) is 0 Å². The third-order valence-electron chi connectivity index (χ3n) is 17.7. The number of halogens is 1. The Morgan fingerprint density at radius 3 is 0.602 bits per heavy atom. The molecule has 37 heteroatoms. The fraction of sp³-hybridized carbons (Fsp3) is 0.408. The van der Waals surface area contributed by atoms with Gasteiger partial charge in [0.2, 0.25) is 34.6 Å². The van der Waals surface area contributed by atoms with Gasteiger partial charge in [-0.15, -0.1) is 0 Å². The summed E-state index contributed by atoms with van der Waals surface area (Å²) in [5, 5.41) is 51.0. The van der Waals surface area contributed by atoms with Gasteiger partial charge in [-0.1, -0.05) is 0 Å². The summed E-state index contributed by atoms with van der Waals surface area (Å²) in [5.74, 6) is -3.22. The Kier molecular flexibility index (Phi) is 32.0. The predicted molar refractivity (Wildman–Crippen MR) is 415 cm³/mol. The monoisotopic (exact) mass is 1640 g/mol. The molecule has 0 atom stereocenters. The Morgan fingerprint density at radius 2 is 0.451 bits per heavy atom. The van der Waals surface area contributed by atoms with Gasteiger partial charge in [-0.25, -0.2) is 28.8 Å². The van der Waals surface area contributed by atoms with Crippen molar-refractivity contribution in [1.29, 1.82) is 0 Å². The number of furan rings is 9. The molecule has 0 bridgehead atoms. The van der Waals surface area contributed by atoms with E-state index in [0.717, 1.165) is 52.4 Å². The molecule has 3 saturated heterocycles. The van der Waals surface area contributed by atoms with Gasteiger partial charge in [0.25, 0.3) is 0 Å². The fourth-order valence-corrected chi connectivity index (χ4v) is 12.0. The quantitative estimate of drug-likeness (QED) is 0.0276. The van der Waals surface area contributed by atoms with Gasteiger partial charge in [-0.3, -0.25) is 14.4 Å². The van der Waals surface area contributed by atoms with Crippen LogP contribution in [0.1, 0.15) is 130 Å². The zero-order valence-corrected chi connectivity index (χ0v) is 64.8. The molecule has 0 aromatic carbocycles. The van der Waals surface area contributed by atoms with E-state index < -0.39 is 35.8 Å². The number of carboxylic acids is 4. The minimum Gasteiger partial charge on any atom is -0.475 e. The highest BCUT2D eigenvalue weighted by atomic mass is 79.9. The molecule has 12 heterocycles. The van der Waals surface area contributed by atoms with Crippen molar-refractivity contribution in [2.24, 2.45) is 0 Å². The summed E-state index contributed by atoms with van der Waals surface area (Å²) >= 11 is 3.08. The molecule has 8 N–H and O–H groups in total. The Bertz CT molecular complexity index is 4150. The van der Waals surface area contributed by atoms with Crippen LogP contribution >= 0.6 is 15.9 Å². The number of carboxylic acid groups (broad SMARTS) is 4. The van der Waals surface area contributed by atoms with Crippen molar-refractivity contribution in [3.8, 4) is 0 Å². The summed E-state index contributed by atoms with van der Waals surface area (Å²) in [6, 6.07) is 28.3. The van der Waals surface area contributed by atoms with Gasteiger partial charge < -0.3 is 130 Å². The maximum Gasteiger partial charge on any atom is 0.374 e. The zero-order valence-electron chi connectivity index (χ0n) is 63.2. The summed E-state index contributed by atoms with van der Waals surface area (Å²) in [6.45, 7) is 22.7. The molecular weight excluding hydrogens is 1540 g/mol. The van der Waals surface area contributed by atoms with Crippen LogP contribution < -0.4 is 60.5 Å². The lowest BCUT2D eigenvalue weighted by Crippen LogP contribution is -2.46. The number of esters is 2. The van der Waals surface area contributed by atoms with Crippen LogP contribution in [0.4, 0.5) is 47.1 Å². The third-order valence-corrected chi connectivity index (χ3v) is 18.1. The molecule has 36 nitrogen and oxygen atoms in total. The van der Waals surface area contributed by atoms with E-state index in [0.29, 0.717) is 86.3 Å². The molecule has 9 aromatic rings. The first kappa shape index (κ1) is 85.1. The maximum atomic E-state index is 12.4. The Labute approximate surface area is 657 Å². The van der Waals surface area contributed by atoms with Gasteiger partial charge in [-0.2, -0.15) is 0 Å². The number of anilines is 8. The first-order chi connectivity index (χ1) is 54.4. The van der Waals surface area contributed by atoms with E-state index in [4.69, 9.17) is 49.2 Å². The van der Waals surface area contributed by atoms with E-state index in [1.165, 1.54) is 69.3 Å². The Morgan fingerprint density at radius 1 is 0.283 bits per heavy atom. The van der Waals surface area contributed by atoms with E-state index in [9.17, 15) is 63.6 Å². The molecule has 12 rings (SSSR count). The second-order valence-electron chi connectivity index (χ2n) is 25.4. The Balaban J connectivity index is 0.000000206. The average molecular weight is 1640 g/mol. The molecule has 113 heavy (non-hydrogen) atoms. The number of Topliss-reactive ketones (excluding diaryl/α,β-unsaturated/α-hetero) is 3. The van der Waals surface area contributed by atoms with Crippen LogP contribution in [-0.4, -0.2) is 244 Å². The molecule has 0 saturated carbocycles. The van der Waals surface area contributed by atoms with Gasteiger partial charge >= 0.3 is 35.8 Å². The number of hydrogen-bond donors (Lipinski definition) is 8. The van der Waals surface area contributed by atoms with E-state index >= 15 is 0 Å². The van der Waals surface area contributed by atoms with E-state index in [-0.39, 0.29) is 153 Å². The van der Waals surface area contributed by atoms with Crippen LogP contribution in [0.3, 0.4) is 0 Å². The van der Waals surface area contributed by atoms with Crippen molar-refractivity contribution in [3.05, 3.63) is 166 Å². The molecular formula is C76H93BrN12O24. The second kappa shape index (κ2) is 42.5. The highest BCUT2D eigenvalue weighted by molar-refractivity contribution is 9.10. The molecule has 0 amide bonds. The van der Waals surface area contributed by atoms with Crippen LogP contribution in [0.15, 0.2) is 154 Å². The van der Waals surface area contributed by atoms with Crippen LogP contribution in [0.2, 0.25) is 0 Å². The zero-order chi connectivity index (χ0) is 80.9. The van der Waals surface area contributed by atoms with Gasteiger partial charge in [0.15, 0.2) is 86.4 Å². The van der Waals surface area contributed by atoms with Crippen molar-refractivity contribution >= 4 is 116 Å². The molecule has 3 fully saturated rings. The molecule has 3 aliphatic heterocycles. The minimum absolute atomic E-state index is 0.0549. The summed E-state index contributed by atoms with van der Waals surface area (Å²) in [6.07, 6.45) is 0. The minimum atomic E-state index is -1.23.